The van der Waals surface area contributed by atoms with Gasteiger partial charge in [-0.2, -0.15) is 0 Å². The van der Waals surface area contributed by atoms with E-state index in [4.69, 9.17) is 4.74 Å². The van der Waals surface area contributed by atoms with Gasteiger partial charge in [0.2, 0.25) is 0 Å². The van der Waals surface area contributed by atoms with E-state index >= 15 is 0 Å². The van der Waals surface area contributed by atoms with Gasteiger partial charge in [0.25, 0.3) is 5.91 Å². The molecule has 1 atom stereocenters. The van der Waals surface area contributed by atoms with Crippen molar-refractivity contribution < 1.29 is 9.53 Å². The molecule has 1 amide bonds. The first kappa shape index (κ1) is 10.7. The van der Waals surface area contributed by atoms with Gasteiger partial charge < -0.3 is 15.4 Å². The van der Waals surface area contributed by atoms with Crippen LogP contribution in [0.1, 0.15) is 27.9 Å². The standard InChI is InChI=1S/C13H16N2O2/c16-13(15-12-3-4-17-8-12)9-1-2-10-6-14-7-11(10)5-9/h1-2,5,12,14H,3-4,6-8H2,(H,15,16). The Labute approximate surface area is 100 Å². The summed E-state index contributed by atoms with van der Waals surface area (Å²) in [5.74, 6) is 0.00944. The molecule has 4 heteroatoms. The van der Waals surface area contributed by atoms with Crippen molar-refractivity contribution in [3.8, 4) is 0 Å². The van der Waals surface area contributed by atoms with Gasteiger partial charge >= 0.3 is 0 Å². The number of carbonyl (C=O) groups is 1. The molecule has 3 rings (SSSR count). The van der Waals surface area contributed by atoms with Gasteiger partial charge in [0, 0.05) is 25.3 Å². The number of hydrogen-bond acceptors (Lipinski definition) is 3. The summed E-state index contributed by atoms with van der Waals surface area (Å²) >= 11 is 0. The third-order valence-corrected chi connectivity index (χ3v) is 3.36. The van der Waals surface area contributed by atoms with E-state index in [1.165, 1.54) is 11.1 Å². The summed E-state index contributed by atoms with van der Waals surface area (Å²) in [6.07, 6.45) is 0.915. The van der Waals surface area contributed by atoms with Gasteiger partial charge in [-0.05, 0) is 29.7 Å². The Bertz CT molecular complexity index is 439. The minimum absolute atomic E-state index is 0.00944. The molecule has 1 aromatic rings. The number of nitrogens with one attached hydrogen (secondary N) is 2. The average molecular weight is 232 g/mol. The Morgan fingerprint density at radius 1 is 1.35 bits per heavy atom. The van der Waals surface area contributed by atoms with Crippen molar-refractivity contribution in [3.05, 3.63) is 34.9 Å². The topological polar surface area (TPSA) is 50.4 Å². The van der Waals surface area contributed by atoms with E-state index in [1.54, 1.807) is 0 Å². The number of ether oxygens (including phenoxy) is 1. The average Bonchev–Trinajstić information content (AvgIpc) is 2.97. The van der Waals surface area contributed by atoms with Gasteiger partial charge in [-0.1, -0.05) is 6.07 Å². The predicted molar refractivity (Wildman–Crippen MR) is 63.7 cm³/mol. The second-order valence-electron chi connectivity index (χ2n) is 4.62. The van der Waals surface area contributed by atoms with Crippen molar-refractivity contribution in [1.82, 2.24) is 10.6 Å². The lowest BCUT2D eigenvalue weighted by Crippen LogP contribution is -2.35. The fraction of sp³-hybridized carbons (Fsp3) is 0.462. The van der Waals surface area contributed by atoms with Crippen molar-refractivity contribution in [2.24, 2.45) is 0 Å². The molecule has 0 aliphatic carbocycles. The van der Waals surface area contributed by atoms with Crippen LogP contribution in [0.2, 0.25) is 0 Å². The number of rotatable bonds is 2. The fourth-order valence-corrected chi connectivity index (χ4v) is 2.35. The van der Waals surface area contributed by atoms with Crippen molar-refractivity contribution in [1.29, 1.82) is 0 Å². The molecule has 0 spiro atoms. The number of benzene rings is 1. The molecule has 0 radical (unpaired) electrons. The third kappa shape index (κ3) is 2.18. The lowest BCUT2D eigenvalue weighted by Gasteiger charge is -2.11. The van der Waals surface area contributed by atoms with Crippen LogP contribution in [0, 0.1) is 0 Å². The van der Waals surface area contributed by atoms with Crippen LogP contribution in [0.3, 0.4) is 0 Å². The molecule has 2 aliphatic heterocycles. The van der Waals surface area contributed by atoms with Crippen molar-refractivity contribution >= 4 is 5.91 Å². The SMILES string of the molecule is O=C(NC1CCOC1)c1ccc2c(c1)CNC2. The van der Waals surface area contributed by atoms with Crippen LogP contribution >= 0.6 is 0 Å². The Morgan fingerprint density at radius 2 is 2.24 bits per heavy atom. The van der Waals surface area contributed by atoms with E-state index in [2.05, 4.69) is 10.6 Å². The number of carbonyl (C=O) groups excluding carboxylic acids is 1. The van der Waals surface area contributed by atoms with Gasteiger partial charge in [-0.3, -0.25) is 4.79 Å². The second kappa shape index (κ2) is 4.47. The molecule has 1 unspecified atom stereocenters. The highest BCUT2D eigenvalue weighted by molar-refractivity contribution is 5.94. The van der Waals surface area contributed by atoms with Crippen LogP contribution in [0.5, 0.6) is 0 Å². The minimum atomic E-state index is 0.00944. The summed E-state index contributed by atoms with van der Waals surface area (Å²) in [5, 5.41) is 6.28. The van der Waals surface area contributed by atoms with Gasteiger partial charge in [0.1, 0.15) is 0 Å². The molecule has 0 aromatic heterocycles. The molecule has 0 bridgehead atoms. The maximum absolute atomic E-state index is 12.0. The smallest absolute Gasteiger partial charge is 0.251 e. The number of hydrogen-bond donors (Lipinski definition) is 2. The lowest BCUT2D eigenvalue weighted by molar-refractivity contribution is 0.0930. The summed E-state index contributed by atoms with van der Waals surface area (Å²) in [5.41, 5.74) is 3.28. The summed E-state index contributed by atoms with van der Waals surface area (Å²) in [4.78, 5) is 12.0. The van der Waals surface area contributed by atoms with Crippen molar-refractivity contribution in [3.63, 3.8) is 0 Å². The molecule has 1 aromatic carbocycles. The molecule has 90 valence electrons. The highest BCUT2D eigenvalue weighted by Gasteiger charge is 2.19. The van der Waals surface area contributed by atoms with E-state index in [1.807, 2.05) is 18.2 Å². The first-order chi connectivity index (χ1) is 8.33. The number of fused-ring (bicyclic) bond motifs is 1. The Kier molecular flexibility index (Phi) is 2.82. The maximum Gasteiger partial charge on any atom is 0.251 e. The zero-order valence-electron chi connectivity index (χ0n) is 9.66. The second-order valence-corrected chi connectivity index (χ2v) is 4.62. The third-order valence-electron chi connectivity index (χ3n) is 3.36. The molecule has 1 fully saturated rings. The molecule has 2 N–H and O–H groups in total. The predicted octanol–water partition coefficient (Wildman–Crippen LogP) is 0.808. The molecule has 1 saturated heterocycles. The van der Waals surface area contributed by atoms with E-state index in [0.717, 1.165) is 31.7 Å². The molecule has 2 aliphatic rings. The van der Waals surface area contributed by atoms with Gasteiger partial charge in [-0.25, -0.2) is 0 Å². The maximum atomic E-state index is 12.0. The van der Waals surface area contributed by atoms with Gasteiger partial charge in [0.15, 0.2) is 0 Å². The first-order valence-corrected chi connectivity index (χ1v) is 6.04. The van der Waals surface area contributed by atoms with E-state index in [-0.39, 0.29) is 11.9 Å². The normalized spacial score (nSPS) is 22.5. The lowest BCUT2D eigenvalue weighted by atomic mass is 10.1. The molecular formula is C13H16N2O2. The molecule has 4 nitrogen and oxygen atoms in total. The fourth-order valence-electron chi connectivity index (χ4n) is 2.35. The zero-order valence-corrected chi connectivity index (χ0v) is 9.66. The van der Waals surface area contributed by atoms with E-state index < -0.39 is 0 Å². The summed E-state index contributed by atoms with van der Waals surface area (Å²) in [6, 6.07) is 6.10. The Balaban J connectivity index is 1.72. The molecular weight excluding hydrogens is 216 g/mol. The monoisotopic (exact) mass is 232 g/mol. The Hall–Kier alpha value is -1.39. The minimum Gasteiger partial charge on any atom is -0.379 e. The van der Waals surface area contributed by atoms with Gasteiger partial charge in [-0.15, -0.1) is 0 Å². The highest BCUT2D eigenvalue weighted by atomic mass is 16.5. The van der Waals surface area contributed by atoms with Crippen molar-refractivity contribution in [2.75, 3.05) is 13.2 Å². The van der Waals surface area contributed by atoms with Crippen LogP contribution in [-0.4, -0.2) is 25.2 Å². The molecule has 17 heavy (non-hydrogen) atoms. The zero-order chi connectivity index (χ0) is 11.7. The van der Waals surface area contributed by atoms with Crippen molar-refractivity contribution in [2.45, 2.75) is 25.6 Å². The van der Waals surface area contributed by atoms with Crippen LogP contribution in [0.4, 0.5) is 0 Å². The van der Waals surface area contributed by atoms with Crippen LogP contribution in [0.25, 0.3) is 0 Å². The van der Waals surface area contributed by atoms with E-state index in [9.17, 15) is 4.79 Å². The summed E-state index contributed by atoms with van der Waals surface area (Å²) in [6.45, 7) is 3.16. The van der Waals surface area contributed by atoms with Crippen LogP contribution in [-0.2, 0) is 17.8 Å². The molecule has 0 saturated carbocycles. The largest absolute Gasteiger partial charge is 0.379 e. The highest BCUT2D eigenvalue weighted by Crippen LogP contribution is 2.17. The Morgan fingerprint density at radius 3 is 3.06 bits per heavy atom. The van der Waals surface area contributed by atoms with E-state index in [0.29, 0.717) is 6.61 Å². The number of amides is 1. The summed E-state index contributed by atoms with van der Waals surface area (Å²) < 4.78 is 5.24. The first-order valence-electron chi connectivity index (χ1n) is 6.04. The van der Waals surface area contributed by atoms with Crippen LogP contribution in [0.15, 0.2) is 18.2 Å². The van der Waals surface area contributed by atoms with Gasteiger partial charge in [0.05, 0.1) is 12.6 Å². The van der Waals surface area contributed by atoms with Crippen LogP contribution < -0.4 is 10.6 Å². The summed E-state index contributed by atoms with van der Waals surface area (Å²) in [7, 11) is 0. The quantitative estimate of drug-likeness (QED) is 0.793. The molecule has 2 heterocycles.